The third-order valence-electron chi connectivity index (χ3n) is 3.78. The van der Waals surface area contributed by atoms with Gasteiger partial charge in [-0.1, -0.05) is 66.2 Å². The van der Waals surface area contributed by atoms with Crippen molar-refractivity contribution in [3.8, 4) is 22.3 Å². The minimum atomic E-state index is -4.31. The molecule has 0 aliphatic heterocycles. The van der Waals surface area contributed by atoms with Gasteiger partial charge in [0.2, 0.25) is 0 Å². The summed E-state index contributed by atoms with van der Waals surface area (Å²) in [5.41, 5.74) is 4.25. The average molecular weight is 312 g/mol. The van der Waals surface area contributed by atoms with Gasteiger partial charge in [-0.15, -0.1) is 0 Å². The summed E-state index contributed by atoms with van der Waals surface area (Å²) in [5, 5.41) is 0. The molecule has 3 heteroatoms. The maximum Gasteiger partial charge on any atom is 0.416 e. The van der Waals surface area contributed by atoms with E-state index in [1.807, 2.05) is 49.4 Å². The lowest BCUT2D eigenvalue weighted by atomic mass is 9.92. The lowest BCUT2D eigenvalue weighted by molar-refractivity contribution is -0.137. The molecule has 3 rings (SSSR count). The molecule has 0 aliphatic carbocycles. The summed E-state index contributed by atoms with van der Waals surface area (Å²) in [6.07, 6.45) is -4.31. The van der Waals surface area contributed by atoms with E-state index >= 15 is 0 Å². The molecule has 3 aromatic rings. The first kappa shape index (κ1) is 15.3. The van der Waals surface area contributed by atoms with Crippen molar-refractivity contribution in [1.29, 1.82) is 0 Å². The first-order valence-corrected chi connectivity index (χ1v) is 7.29. The van der Waals surface area contributed by atoms with Gasteiger partial charge in [0.25, 0.3) is 0 Å². The summed E-state index contributed by atoms with van der Waals surface area (Å²) in [7, 11) is 0. The molecule has 0 fully saturated rings. The zero-order valence-electron chi connectivity index (χ0n) is 12.6. The molecule has 0 radical (unpaired) electrons. The highest BCUT2D eigenvalue weighted by Crippen LogP contribution is 2.35. The highest BCUT2D eigenvalue weighted by Gasteiger charge is 2.30. The summed E-state index contributed by atoms with van der Waals surface area (Å²) in [5.74, 6) is 0. The summed E-state index contributed by atoms with van der Waals surface area (Å²) in [4.78, 5) is 0. The van der Waals surface area contributed by atoms with Crippen LogP contribution in [0.15, 0.2) is 72.8 Å². The molecule has 0 heterocycles. The topological polar surface area (TPSA) is 0 Å². The van der Waals surface area contributed by atoms with Crippen molar-refractivity contribution in [1.82, 2.24) is 0 Å². The standard InChI is InChI=1S/C20H15F3/c1-14-7-12-18(19(13-14)15-5-3-2-4-6-15)16-8-10-17(11-9-16)20(21,22)23/h2-13H,1H3. The van der Waals surface area contributed by atoms with Crippen LogP contribution in [0.2, 0.25) is 0 Å². The van der Waals surface area contributed by atoms with E-state index in [1.165, 1.54) is 12.1 Å². The highest BCUT2D eigenvalue weighted by atomic mass is 19.4. The molecule has 0 aromatic heterocycles. The van der Waals surface area contributed by atoms with Crippen LogP contribution in [0, 0.1) is 6.92 Å². The van der Waals surface area contributed by atoms with E-state index in [1.54, 1.807) is 0 Å². The zero-order chi connectivity index (χ0) is 16.4. The van der Waals surface area contributed by atoms with Gasteiger partial charge in [-0.05, 0) is 41.3 Å². The second-order valence-corrected chi connectivity index (χ2v) is 5.49. The Balaban J connectivity index is 2.10. The van der Waals surface area contributed by atoms with Gasteiger partial charge in [-0.3, -0.25) is 0 Å². The maximum absolute atomic E-state index is 12.7. The highest BCUT2D eigenvalue weighted by molar-refractivity contribution is 5.83. The predicted octanol–water partition coefficient (Wildman–Crippen LogP) is 6.35. The number of hydrogen-bond acceptors (Lipinski definition) is 0. The van der Waals surface area contributed by atoms with Gasteiger partial charge in [0, 0.05) is 0 Å². The van der Waals surface area contributed by atoms with Gasteiger partial charge in [0.05, 0.1) is 5.56 Å². The molecule has 116 valence electrons. The van der Waals surface area contributed by atoms with E-state index in [0.717, 1.165) is 39.9 Å². The first-order valence-electron chi connectivity index (χ1n) is 7.29. The van der Waals surface area contributed by atoms with Crippen molar-refractivity contribution in [2.75, 3.05) is 0 Å². The largest absolute Gasteiger partial charge is 0.416 e. The number of alkyl halides is 3. The second kappa shape index (κ2) is 5.92. The normalized spacial score (nSPS) is 11.5. The molecule has 0 unspecified atom stereocenters. The molecule has 0 saturated heterocycles. The lowest BCUT2D eigenvalue weighted by Gasteiger charge is -2.13. The van der Waals surface area contributed by atoms with Crippen LogP contribution in [-0.4, -0.2) is 0 Å². The molecule has 3 aromatic carbocycles. The fraction of sp³-hybridized carbons (Fsp3) is 0.100. The number of rotatable bonds is 2. The molecule has 0 aliphatic rings. The molecule has 0 atom stereocenters. The number of benzene rings is 3. The third-order valence-corrected chi connectivity index (χ3v) is 3.78. The van der Waals surface area contributed by atoms with E-state index in [0.29, 0.717) is 0 Å². The van der Waals surface area contributed by atoms with Gasteiger partial charge in [-0.2, -0.15) is 13.2 Å². The maximum atomic E-state index is 12.7. The van der Waals surface area contributed by atoms with Crippen LogP contribution in [0.25, 0.3) is 22.3 Å². The molecule has 0 nitrogen and oxygen atoms in total. The van der Waals surface area contributed by atoms with Gasteiger partial charge in [0.1, 0.15) is 0 Å². The molecular weight excluding hydrogens is 297 g/mol. The van der Waals surface area contributed by atoms with Gasteiger partial charge >= 0.3 is 6.18 Å². The van der Waals surface area contributed by atoms with Crippen LogP contribution in [0.1, 0.15) is 11.1 Å². The summed E-state index contributed by atoms with van der Waals surface area (Å²) in [6, 6.07) is 21.2. The van der Waals surface area contributed by atoms with Gasteiger partial charge < -0.3 is 0 Å². The van der Waals surface area contributed by atoms with Crippen molar-refractivity contribution in [3.63, 3.8) is 0 Å². The van der Waals surface area contributed by atoms with Gasteiger partial charge in [-0.25, -0.2) is 0 Å². The zero-order valence-corrected chi connectivity index (χ0v) is 12.6. The Morgan fingerprint density at radius 3 is 1.87 bits per heavy atom. The second-order valence-electron chi connectivity index (χ2n) is 5.49. The van der Waals surface area contributed by atoms with Crippen molar-refractivity contribution >= 4 is 0 Å². The first-order chi connectivity index (χ1) is 10.9. The van der Waals surface area contributed by atoms with Crippen LogP contribution in [-0.2, 0) is 6.18 Å². The average Bonchev–Trinajstić information content (AvgIpc) is 2.55. The van der Waals surface area contributed by atoms with Crippen LogP contribution in [0.4, 0.5) is 13.2 Å². The smallest absolute Gasteiger partial charge is 0.166 e. The Bertz CT molecular complexity index is 801. The van der Waals surface area contributed by atoms with E-state index in [4.69, 9.17) is 0 Å². The fourth-order valence-electron chi connectivity index (χ4n) is 2.61. The molecular formula is C20H15F3. The predicted molar refractivity (Wildman–Crippen MR) is 87.1 cm³/mol. The van der Waals surface area contributed by atoms with Crippen LogP contribution < -0.4 is 0 Å². The molecule has 0 bridgehead atoms. The number of hydrogen-bond donors (Lipinski definition) is 0. The monoisotopic (exact) mass is 312 g/mol. The van der Waals surface area contributed by atoms with Crippen molar-refractivity contribution in [2.24, 2.45) is 0 Å². The molecule has 23 heavy (non-hydrogen) atoms. The van der Waals surface area contributed by atoms with Crippen molar-refractivity contribution in [2.45, 2.75) is 13.1 Å². The molecule has 0 saturated carbocycles. The molecule has 0 amide bonds. The summed E-state index contributed by atoms with van der Waals surface area (Å²) < 4.78 is 38.2. The van der Waals surface area contributed by atoms with Gasteiger partial charge in [0.15, 0.2) is 0 Å². The molecule has 0 spiro atoms. The summed E-state index contributed by atoms with van der Waals surface area (Å²) in [6.45, 7) is 2.00. The Morgan fingerprint density at radius 2 is 1.26 bits per heavy atom. The number of aryl methyl sites for hydroxylation is 1. The van der Waals surface area contributed by atoms with Crippen LogP contribution in [0.3, 0.4) is 0 Å². The van der Waals surface area contributed by atoms with Crippen LogP contribution in [0.5, 0.6) is 0 Å². The lowest BCUT2D eigenvalue weighted by Crippen LogP contribution is -2.04. The van der Waals surface area contributed by atoms with Crippen LogP contribution >= 0.6 is 0 Å². The van der Waals surface area contributed by atoms with E-state index in [2.05, 4.69) is 6.07 Å². The van der Waals surface area contributed by atoms with E-state index in [9.17, 15) is 13.2 Å². The van der Waals surface area contributed by atoms with E-state index < -0.39 is 11.7 Å². The minimum absolute atomic E-state index is 0.630. The molecule has 0 N–H and O–H groups in total. The Kier molecular flexibility index (Phi) is 3.95. The minimum Gasteiger partial charge on any atom is -0.166 e. The third kappa shape index (κ3) is 3.29. The SMILES string of the molecule is Cc1ccc(-c2ccc(C(F)(F)F)cc2)c(-c2ccccc2)c1. The Morgan fingerprint density at radius 1 is 0.652 bits per heavy atom. The fourth-order valence-corrected chi connectivity index (χ4v) is 2.61. The number of halogens is 3. The Hall–Kier alpha value is -2.55. The van der Waals surface area contributed by atoms with Crippen molar-refractivity contribution < 1.29 is 13.2 Å². The van der Waals surface area contributed by atoms with E-state index in [-0.39, 0.29) is 0 Å². The summed E-state index contributed by atoms with van der Waals surface area (Å²) >= 11 is 0. The Labute approximate surface area is 133 Å². The quantitative estimate of drug-likeness (QED) is 0.517. The van der Waals surface area contributed by atoms with Crippen molar-refractivity contribution in [3.05, 3.63) is 83.9 Å².